The Morgan fingerprint density at radius 3 is 3.00 bits per heavy atom. The second-order valence-corrected chi connectivity index (χ2v) is 3.70. The van der Waals surface area contributed by atoms with Crippen LogP contribution >= 0.6 is 0 Å². The fraction of sp³-hybridized carbons (Fsp3) is 0.455. The third-order valence-electron chi connectivity index (χ3n) is 2.29. The van der Waals surface area contributed by atoms with Crippen molar-refractivity contribution in [3.05, 3.63) is 17.7 Å². The summed E-state index contributed by atoms with van der Waals surface area (Å²) in [6.07, 6.45) is 8.66. The molecular formula is C11H15N3O2. The third-order valence-corrected chi connectivity index (χ3v) is 2.29. The number of H-pyrrole nitrogens is 1. The van der Waals surface area contributed by atoms with Crippen LogP contribution in [0.1, 0.15) is 24.9 Å². The van der Waals surface area contributed by atoms with Crippen LogP contribution < -0.4 is 5.73 Å². The number of imidazole rings is 1. The summed E-state index contributed by atoms with van der Waals surface area (Å²) in [5.41, 5.74) is 4.83. The van der Waals surface area contributed by atoms with Crippen LogP contribution in [0.4, 0.5) is 0 Å². The average molecular weight is 221 g/mol. The highest BCUT2D eigenvalue weighted by molar-refractivity contribution is 5.83. The van der Waals surface area contributed by atoms with Crippen LogP contribution in [0.5, 0.6) is 0 Å². The van der Waals surface area contributed by atoms with Crippen molar-refractivity contribution in [2.45, 2.75) is 31.7 Å². The van der Waals surface area contributed by atoms with E-state index >= 15 is 0 Å². The maximum Gasteiger partial charge on any atom is 0.336 e. The maximum absolute atomic E-state index is 10.9. The Bertz CT molecular complexity index is 419. The average Bonchev–Trinajstić information content (AvgIpc) is 2.65. The van der Waals surface area contributed by atoms with Gasteiger partial charge in [0, 0.05) is 18.3 Å². The summed E-state index contributed by atoms with van der Waals surface area (Å²) in [4.78, 5) is 17.9. The lowest BCUT2D eigenvalue weighted by Crippen LogP contribution is -2.48. The number of hydrogen-bond acceptors (Lipinski definition) is 3. The van der Waals surface area contributed by atoms with Gasteiger partial charge in [-0.15, -0.1) is 6.42 Å². The molecule has 0 aliphatic rings. The van der Waals surface area contributed by atoms with Crippen molar-refractivity contribution in [3.63, 3.8) is 0 Å². The first-order valence-electron chi connectivity index (χ1n) is 5.04. The number of carbonyl (C=O) groups is 1. The molecule has 0 bridgehead atoms. The van der Waals surface area contributed by atoms with E-state index in [4.69, 9.17) is 17.3 Å². The zero-order valence-electron chi connectivity index (χ0n) is 9.16. The first kappa shape index (κ1) is 12.3. The predicted octanol–water partition coefficient (Wildman–Crippen LogP) is 0.320. The van der Waals surface area contributed by atoms with Gasteiger partial charge in [0.05, 0.1) is 0 Å². The fourth-order valence-corrected chi connectivity index (χ4v) is 1.34. The van der Waals surface area contributed by atoms with Crippen LogP contribution in [0, 0.1) is 12.3 Å². The molecule has 1 aromatic heterocycles. The lowest BCUT2D eigenvalue weighted by Gasteiger charge is -2.15. The van der Waals surface area contributed by atoms with Gasteiger partial charge in [-0.3, -0.25) is 0 Å². The van der Waals surface area contributed by atoms with E-state index in [0.717, 1.165) is 18.5 Å². The second-order valence-electron chi connectivity index (χ2n) is 3.70. The summed E-state index contributed by atoms with van der Waals surface area (Å²) in [6, 6.07) is 0. The molecule has 0 radical (unpaired) electrons. The number of terminal acetylenes is 1. The first-order valence-corrected chi connectivity index (χ1v) is 5.04. The summed E-state index contributed by atoms with van der Waals surface area (Å²) in [7, 11) is 0. The Kier molecular flexibility index (Phi) is 3.69. The number of aryl methyl sites for hydroxylation is 1. The molecule has 0 spiro atoms. The monoisotopic (exact) mass is 221 g/mol. The van der Waals surface area contributed by atoms with Crippen molar-refractivity contribution in [2.24, 2.45) is 5.73 Å². The number of aliphatic carboxylic acids is 1. The molecule has 5 heteroatoms. The van der Waals surface area contributed by atoms with E-state index in [0.29, 0.717) is 5.82 Å². The fourth-order valence-electron chi connectivity index (χ4n) is 1.34. The molecule has 1 aromatic rings. The molecule has 1 unspecified atom stereocenters. The number of aromatic nitrogens is 2. The van der Waals surface area contributed by atoms with Gasteiger partial charge < -0.3 is 15.8 Å². The van der Waals surface area contributed by atoms with E-state index in [2.05, 4.69) is 15.9 Å². The number of carboxylic acid groups (broad SMARTS) is 1. The summed E-state index contributed by atoms with van der Waals surface area (Å²) < 4.78 is 0. The van der Waals surface area contributed by atoms with Gasteiger partial charge in [-0.05, 0) is 6.42 Å². The SMILES string of the molecule is C#CC(N)(Cc1ncc(CCC)[nH]1)C(=O)O. The molecule has 1 heterocycles. The van der Waals surface area contributed by atoms with Gasteiger partial charge in [0.15, 0.2) is 5.54 Å². The van der Waals surface area contributed by atoms with Gasteiger partial charge in [0.25, 0.3) is 0 Å². The lowest BCUT2D eigenvalue weighted by molar-refractivity contribution is -0.141. The highest BCUT2D eigenvalue weighted by atomic mass is 16.4. The second kappa shape index (κ2) is 4.81. The van der Waals surface area contributed by atoms with Crippen molar-refractivity contribution >= 4 is 5.97 Å². The standard InChI is InChI=1S/C11H15N3O2/c1-3-5-8-7-13-9(14-8)6-11(12,4-2)10(15)16/h2,7H,3,5-6,12H2,1H3,(H,13,14)(H,15,16). The zero-order chi connectivity index (χ0) is 12.2. The summed E-state index contributed by atoms with van der Waals surface area (Å²) in [6.45, 7) is 2.05. The van der Waals surface area contributed by atoms with Crippen molar-refractivity contribution in [1.82, 2.24) is 9.97 Å². The third kappa shape index (κ3) is 2.61. The minimum absolute atomic E-state index is 0.00253. The minimum Gasteiger partial charge on any atom is -0.479 e. The highest BCUT2D eigenvalue weighted by Gasteiger charge is 2.32. The number of rotatable bonds is 5. The number of aromatic amines is 1. The van der Waals surface area contributed by atoms with E-state index in [9.17, 15) is 4.79 Å². The molecule has 0 amide bonds. The van der Waals surface area contributed by atoms with Crippen LogP contribution in [0.15, 0.2) is 6.20 Å². The largest absolute Gasteiger partial charge is 0.479 e. The summed E-state index contributed by atoms with van der Waals surface area (Å²) in [5.74, 6) is 1.37. The van der Waals surface area contributed by atoms with Gasteiger partial charge in [-0.25, -0.2) is 9.78 Å². The van der Waals surface area contributed by atoms with Crippen LogP contribution in [-0.4, -0.2) is 26.6 Å². The van der Waals surface area contributed by atoms with Gasteiger partial charge in [0.1, 0.15) is 5.82 Å². The Hall–Kier alpha value is -1.80. The predicted molar refractivity (Wildman–Crippen MR) is 59.7 cm³/mol. The molecular weight excluding hydrogens is 206 g/mol. The number of carboxylic acids is 1. The van der Waals surface area contributed by atoms with Crippen LogP contribution in [0.25, 0.3) is 0 Å². The van der Waals surface area contributed by atoms with Crippen LogP contribution in [0.3, 0.4) is 0 Å². The van der Waals surface area contributed by atoms with E-state index in [-0.39, 0.29) is 6.42 Å². The minimum atomic E-state index is -1.69. The molecule has 0 aliphatic heterocycles. The van der Waals surface area contributed by atoms with E-state index in [1.54, 1.807) is 6.20 Å². The van der Waals surface area contributed by atoms with Crippen LogP contribution in [0.2, 0.25) is 0 Å². The van der Waals surface area contributed by atoms with Gasteiger partial charge in [-0.1, -0.05) is 19.3 Å². The van der Waals surface area contributed by atoms with Crippen molar-refractivity contribution in [3.8, 4) is 12.3 Å². The normalized spacial score (nSPS) is 14.1. The number of nitrogens with two attached hydrogens (primary N) is 1. The van der Waals surface area contributed by atoms with E-state index in [1.165, 1.54) is 0 Å². The number of nitrogens with zero attached hydrogens (tertiary/aromatic N) is 1. The first-order chi connectivity index (χ1) is 7.51. The molecule has 0 aliphatic carbocycles. The quantitative estimate of drug-likeness (QED) is 0.624. The molecule has 1 atom stereocenters. The Morgan fingerprint density at radius 2 is 2.50 bits per heavy atom. The van der Waals surface area contributed by atoms with Gasteiger partial charge >= 0.3 is 5.97 Å². The molecule has 0 aromatic carbocycles. The molecule has 4 N–H and O–H groups in total. The molecule has 0 saturated carbocycles. The Morgan fingerprint density at radius 1 is 1.81 bits per heavy atom. The summed E-state index contributed by atoms with van der Waals surface area (Å²) >= 11 is 0. The lowest BCUT2D eigenvalue weighted by atomic mass is 9.98. The van der Waals surface area contributed by atoms with Gasteiger partial charge in [-0.2, -0.15) is 0 Å². The number of nitrogens with one attached hydrogen (secondary N) is 1. The maximum atomic E-state index is 10.9. The molecule has 86 valence electrons. The zero-order valence-corrected chi connectivity index (χ0v) is 9.16. The van der Waals surface area contributed by atoms with E-state index in [1.807, 2.05) is 6.92 Å². The van der Waals surface area contributed by atoms with Gasteiger partial charge in [0.2, 0.25) is 0 Å². The molecule has 1 rings (SSSR count). The highest BCUT2D eigenvalue weighted by Crippen LogP contribution is 2.09. The smallest absolute Gasteiger partial charge is 0.336 e. The Labute approximate surface area is 94.1 Å². The van der Waals surface area contributed by atoms with Crippen molar-refractivity contribution < 1.29 is 9.90 Å². The Balaban J connectivity index is 2.79. The molecule has 16 heavy (non-hydrogen) atoms. The molecule has 0 saturated heterocycles. The molecule has 5 nitrogen and oxygen atoms in total. The topological polar surface area (TPSA) is 92.0 Å². The van der Waals surface area contributed by atoms with Crippen molar-refractivity contribution in [1.29, 1.82) is 0 Å². The summed E-state index contributed by atoms with van der Waals surface area (Å²) in [5, 5.41) is 8.89. The van der Waals surface area contributed by atoms with Crippen molar-refractivity contribution in [2.75, 3.05) is 0 Å². The molecule has 0 fully saturated rings. The van der Waals surface area contributed by atoms with E-state index < -0.39 is 11.5 Å². The van der Waals surface area contributed by atoms with Crippen LogP contribution in [-0.2, 0) is 17.6 Å². The number of hydrogen-bond donors (Lipinski definition) is 3.